The molecule has 2 unspecified atom stereocenters. The highest BCUT2D eigenvalue weighted by atomic mass is 15.0. The molecule has 0 amide bonds. The number of hydrogen-bond donors (Lipinski definition) is 2. The quantitative estimate of drug-likeness (QED) is 0.749. The topological polar surface area (TPSA) is 24.1 Å². The van der Waals surface area contributed by atoms with Crippen molar-refractivity contribution < 1.29 is 0 Å². The average Bonchev–Trinajstić information content (AvgIpc) is 2.59. The molecule has 3 aliphatic carbocycles. The van der Waals surface area contributed by atoms with Crippen LogP contribution < -0.4 is 10.6 Å². The molecular weight excluding hydrogens is 196 g/mol. The van der Waals surface area contributed by atoms with E-state index in [1.165, 1.54) is 64.5 Å². The Balaban J connectivity index is 1.53. The third kappa shape index (κ3) is 2.43. The zero-order valence-electron chi connectivity index (χ0n) is 10.4. The van der Waals surface area contributed by atoms with E-state index in [0.717, 1.165) is 23.9 Å². The van der Waals surface area contributed by atoms with Gasteiger partial charge in [0.05, 0.1) is 0 Å². The van der Waals surface area contributed by atoms with Crippen LogP contribution in [0.15, 0.2) is 0 Å². The van der Waals surface area contributed by atoms with Gasteiger partial charge >= 0.3 is 0 Å². The molecule has 1 heterocycles. The predicted octanol–water partition coefficient (Wildman–Crippen LogP) is 2.30. The van der Waals surface area contributed by atoms with Gasteiger partial charge in [-0.2, -0.15) is 0 Å². The van der Waals surface area contributed by atoms with Crippen LogP contribution in [0.5, 0.6) is 0 Å². The summed E-state index contributed by atoms with van der Waals surface area (Å²) in [4.78, 5) is 0. The van der Waals surface area contributed by atoms with Gasteiger partial charge in [0.25, 0.3) is 0 Å². The fraction of sp³-hybridized carbons (Fsp3) is 1.00. The minimum absolute atomic E-state index is 0.805. The highest BCUT2D eigenvalue weighted by Gasteiger charge is 2.36. The van der Waals surface area contributed by atoms with Crippen LogP contribution in [0.1, 0.15) is 51.4 Å². The van der Waals surface area contributed by atoms with Crippen LogP contribution in [0.4, 0.5) is 0 Å². The van der Waals surface area contributed by atoms with Crippen LogP contribution in [0, 0.1) is 11.8 Å². The summed E-state index contributed by atoms with van der Waals surface area (Å²) < 4.78 is 0. The predicted molar refractivity (Wildman–Crippen MR) is 67.5 cm³/mol. The summed E-state index contributed by atoms with van der Waals surface area (Å²) in [6, 6.07) is 1.68. The first-order valence-corrected chi connectivity index (χ1v) is 7.38. The smallest absolute Gasteiger partial charge is 0.0101 e. The molecule has 0 aromatic carbocycles. The van der Waals surface area contributed by atoms with E-state index in [9.17, 15) is 0 Å². The monoisotopic (exact) mass is 222 g/mol. The molecule has 2 atom stereocenters. The fourth-order valence-corrected chi connectivity index (χ4v) is 4.07. The van der Waals surface area contributed by atoms with Gasteiger partial charge in [0.1, 0.15) is 0 Å². The highest BCUT2D eigenvalue weighted by Crippen LogP contribution is 2.41. The maximum absolute atomic E-state index is 3.99. The van der Waals surface area contributed by atoms with Crippen molar-refractivity contribution in [1.82, 2.24) is 10.6 Å². The van der Waals surface area contributed by atoms with Crippen LogP contribution in [-0.4, -0.2) is 25.2 Å². The minimum Gasteiger partial charge on any atom is -0.317 e. The van der Waals surface area contributed by atoms with Crippen LogP contribution >= 0.6 is 0 Å². The Hall–Kier alpha value is -0.0800. The standard InChI is InChI=1S/C14H26N2/c1-2-13(7-9-15-8-1)16-14-10-11-3-5-12(14)6-4-11/h11-16H,1-10H2. The van der Waals surface area contributed by atoms with Gasteiger partial charge in [-0.3, -0.25) is 0 Å². The molecule has 4 fully saturated rings. The van der Waals surface area contributed by atoms with E-state index < -0.39 is 0 Å². The normalized spacial score (nSPS) is 44.2. The Bertz CT molecular complexity index is 213. The van der Waals surface area contributed by atoms with Gasteiger partial charge in [0.15, 0.2) is 0 Å². The Labute approximate surface area is 99.6 Å². The zero-order valence-corrected chi connectivity index (χ0v) is 10.4. The molecule has 0 radical (unpaired) electrons. The molecule has 2 N–H and O–H groups in total. The molecule has 0 aromatic rings. The molecule has 2 heteroatoms. The molecular formula is C14H26N2. The zero-order chi connectivity index (χ0) is 10.8. The van der Waals surface area contributed by atoms with Crippen molar-refractivity contribution in [3.63, 3.8) is 0 Å². The van der Waals surface area contributed by atoms with Gasteiger partial charge in [-0.15, -0.1) is 0 Å². The number of nitrogens with one attached hydrogen (secondary N) is 2. The molecule has 3 saturated carbocycles. The number of rotatable bonds is 2. The summed E-state index contributed by atoms with van der Waals surface area (Å²) in [5.41, 5.74) is 0. The largest absolute Gasteiger partial charge is 0.317 e. The highest BCUT2D eigenvalue weighted by molar-refractivity contribution is 4.92. The summed E-state index contributed by atoms with van der Waals surface area (Å²) in [6.07, 6.45) is 11.6. The summed E-state index contributed by atoms with van der Waals surface area (Å²) in [5.74, 6) is 2.08. The molecule has 16 heavy (non-hydrogen) atoms. The van der Waals surface area contributed by atoms with E-state index in [2.05, 4.69) is 10.6 Å². The summed E-state index contributed by atoms with van der Waals surface area (Å²) >= 11 is 0. The first kappa shape index (κ1) is 11.0. The first-order chi connectivity index (χ1) is 7.92. The molecule has 0 aromatic heterocycles. The van der Waals surface area contributed by atoms with Crippen molar-refractivity contribution in [1.29, 1.82) is 0 Å². The lowest BCUT2D eigenvalue weighted by Gasteiger charge is -2.44. The first-order valence-electron chi connectivity index (χ1n) is 7.38. The van der Waals surface area contributed by atoms with Crippen LogP contribution in [-0.2, 0) is 0 Å². The molecule has 1 saturated heterocycles. The van der Waals surface area contributed by atoms with Crippen molar-refractivity contribution in [3.8, 4) is 0 Å². The molecule has 4 rings (SSSR count). The van der Waals surface area contributed by atoms with E-state index in [1.54, 1.807) is 0 Å². The molecule has 2 nitrogen and oxygen atoms in total. The van der Waals surface area contributed by atoms with Crippen LogP contribution in [0.25, 0.3) is 0 Å². The second kappa shape index (κ2) is 5.05. The SMILES string of the molecule is C1CNCCC(NC2CC3CCC2CC3)C1. The summed E-state index contributed by atoms with van der Waals surface area (Å²) in [7, 11) is 0. The maximum Gasteiger partial charge on any atom is 0.0101 e. The van der Waals surface area contributed by atoms with E-state index >= 15 is 0 Å². The van der Waals surface area contributed by atoms with E-state index in [0.29, 0.717) is 0 Å². The molecule has 0 spiro atoms. The van der Waals surface area contributed by atoms with Crippen molar-refractivity contribution in [2.75, 3.05) is 13.1 Å². The van der Waals surface area contributed by atoms with Gasteiger partial charge in [-0.25, -0.2) is 0 Å². The van der Waals surface area contributed by atoms with Crippen molar-refractivity contribution in [2.45, 2.75) is 63.5 Å². The third-order valence-electron chi connectivity index (χ3n) is 5.07. The third-order valence-corrected chi connectivity index (χ3v) is 5.07. The second-order valence-electron chi connectivity index (χ2n) is 6.17. The van der Waals surface area contributed by atoms with Gasteiger partial charge in [-0.1, -0.05) is 12.8 Å². The van der Waals surface area contributed by atoms with Gasteiger partial charge in [0.2, 0.25) is 0 Å². The minimum atomic E-state index is 0.805. The van der Waals surface area contributed by atoms with E-state index in [-0.39, 0.29) is 0 Å². The maximum atomic E-state index is 3.99. The fourth-order valence-electron chi connectivity index (χ4n) is 4.07. The Morgan fingerprint density at radius 3 is 2.50 bits per heavy atom. The Kier molecular flexibility index (Phi) is 3.49. The van der Waals surface area contributed by atoms with Crippen LogP contribution in [0.2, 0.25) is 0 Å². The number of hydrogen-bond acceptors (Lipinski definition) is 2. The lowest BCUT2D eigenvalue weighted by Crippen LogP contribution is -2.48. The van der Waals surface area contributed by atoms with Gasteiger partial charge in [0, 0.05) is 12.1 Å². The van der Waals surface area contributed by atoms with Crippen LogP contribution in [0.3, 0.4) is 0 Å². The molecule has 92 valence electrons. The second-order valence-corrected chi connectivity index (χ2v) is 6.17. The lowest BCUT2D eigenvalue weighted by atomic mass is 9.68. The van der Waals surface area contributed by atoms with Gasteiger partial charge < -0.3 is 10.6 Å². The Morgan fingerprint density at radius 2 is 1.75 bits per heavy atom. The van der Waals surface area contributed by atoms with Gasteiger partial charge in [-0.05, 0) is 63.5 Å². The lowest BCUT2D eigenvalue weighted by molar-refractivity contribution is 0.114. The van der Waals surface area contributed by atoms with E-state index in [4.69, 9.17) is 0 Å². The molecule has 1 aliphatic heterocycles. The van der Waals surface area contributed by atoms with Crippen molar-refractivity contribution >= 4 is 0 Å². The number of fused-ring (bicyclic) bond motifs is 3. The average molecular weight is 222 g/mol. The summed E-state index contributed by atoms with van der Waals surface area (Å²) in [6.45, 7) is 2.45. The molecule has 2 bridgehead atoms. The van der Waals surface area contributed by atoms with E-state index in [1.807, 2.05) is 0 Å². The summed E-state index contributed by atoms with van der Waals surface area (Å²) in [5, 5.41) is 7.50. The Morgan fingerprint density at radius 1 is 0.875 bits per heavy atom. The van der Waals surface area contributed by atoms with Crippen molar-refractivity contribution in [3.05, 3.63) is 0 Å². The van der Waals surface area contributed by atoms with Crippen molar-refractivity contribution in [2.24, 2.45) is 11.8 Å². The molecule has 4 aliphatic rings.